The number of hydrogen-bond acceptors (Lipinski definition) is 9. The van der Waals surface area contributed by atoms with Gasteiger partial charge in [0.2, 0.25) is 6.29 Å². The van der Waals surface area contributed by atoms with Gasteiger partial charge in [0.25, 0.3) is 0 Å². The summed E-state index contributed by atoms with van der Waals surface area (Å²) in [7, 11) is 0. The molecule has 6 aromatic carbocycles. The van der Waals surface area contributed by atoms with E-state index < -0.39 is 0 Å². The molecule has 3 atom stereocenters. The molecule has 0 saturated heterocycles. The number of para-hydroxylation sites is 7. The standard InChI is InChI=1S/C16H18O2.C13H18O2.C13H18O.C12H16O2.C11H14O2.6C2H6.CH4/c1-16(2,3)15-10-17-13-8-11-6-4-5-7-12(11)9-14(13)18-15;1-13(2,3)10-8-14-11-6-4-5-7-12(11)15-9-10;1-13(2,3)12-9-8-10-6-4-5-7-11(10)14-12;1-12(2,3)11-8-13-9-6-4-5-7-10(9)14-11;1-11(2,3)10-12-8-6-4-5-7-9(8)13-10;6*1-2;/h4-9,15H,10H2,1-3H3;4-7,10H,8-9H2,1-3H3;4-7,12H,8-9H2,1-3H3;4-7,11H,8H2,1-3H3;4-7,10H,1-3H3;6*1-2H3;1H4. The van der Waals surface area contributed by atoms with Crippen LogP contribution < -0.4 is 42.6 Å². The first kappa shape index (κ1) is 80.8. The third-order valence-corrected chi connectivity index (χ3v) is 13.8. The molecule has 0 radical (unpaired) electrons. The van der Waals surface area contributed by atoms with E-state index in [1.165, 1.54) is 16.3 Å². The summed E-state index contributed by atoms with van der Waals surface area (Å²) in [5.74, 6) is 8.38. The Morgan fingerprint density at radius 1 is 0.287 bits per heavy atom. The maximum Gasteiger partial charge on any atom is 0.246 e. The molecule has 0 spiro atoms. The molecule has 3 unspecified atom stereocenters. The normalized spacial score (nSPS) is 16.5. The summed E-state index contributed by atoms with van der Waals surface area (Å²) < 4.78 is 52.3. The first-order valence-electron chi connectivity index (χ1n) is 32.5. The summed E-state index contributed by atoms with van der Waals surface area (Å²) in [6.45, 7) is 59.4. The molecule has 490 valence electrons. The van der Waals surface area contributed by atoms with Crippen LogP contribution in [0.2, 0.25) is 0 Å². The summed E-state index contributed by atoms with van der Waals surface area (Å²) in [5, 5.41) is 2.38. The third-order valence-electron chi connectivity index (χ3n) is 13.8. The molecule has 87 heavy (non-hydrogen) atoms. The van der Waals surface area contributed by atoms with Crippen LogP contribution >= 0.6 is 0 Å². The average Bonchev–Trinajstić information content (AvgIpc) is 3.17. The molecule has 0 amide bonds. The summed E-state index contributed by atoms with van der Waals surface area (Å²) >= 11 is 0. The Kier molecular flexibility index (Phi) is 36.8. The van der Waals surface area contributed by atoms with Gasteiger partial charge in [-0.25, -0.2) is 0 Å². The average molecular weight is 1210 g/mol. The van der Waals surface area contributed by atoms with Gasteiger partial charge in [0.15, 0.2) is 46.0 Å². The van der Waals surface area contributed by atoms with Crippen LogP contribution in [0.5, 0.6) is 51.7 Å². The molecule has 11 rings (SSSR count). The zero-order valence-corrected chi connectivity index (χ0v) is 59.0. The molecule has 5 aliphatic heterocycles. The highest BCUT2D eigenvalue weighted by molar-refractivity contribution is 5.86. The Morgan fingerprint density at radius 3 is 0.977 bits per heavy atom. The second-order valence-electron chi connectivity index (χ2n) is 25.3. The van der Waals surface area contributed by atoms with Crippen molar-refractivity contribution in [1.29, 1.82) is 0 Å². The van der Waals surface area contributed by atoms with Crippen LogP contribution in [0.3, 0.4) is 0 Å². The van der Waals surface area contributed by atoms with E-state index in [-0.39, 0.29) is 53.0 Å². The SMILES string of the molecule is C.CC.CC.CC.CC.CC.CC.CC(C)(C)C1CCc2ccccc2O1.CC(C)(C)C1COc2cc3ccccc3cc2O1.CC(C)(C)C1COc2ccccc2O1.CC(C)(C)C1COc2ccccc2OC1.CC(C)(C)C1Oc2ccccc2O1. The molecule has 0 aliphatic carbocycles. The van der Waals surface area contributed by atoms with Crippen molar-refractivity contribution < 1.29 is 42.6 Å². The fourth-order valence-electron chi connectivity index (χ4n) is 8.43. The molecule has 0 bridgehead atoms. The molecule has 0 fully saturated rings. The highest BCUT2D eigenvalue weighted by Crippen LogP contribution is 2.42. The summed E-state index contributed by atoms with van der Waals surface area (Å²) in [6.07, 6.45) is 2.73. The van der Waals surface area contributed by atoms with Crippen LogP contribution in [0.15, 0.2) is 133 Å². The predicted molar refractivity (Wildman–Crippen MR) is 374 cm³/mol. The smallest absolute Gasteiger partial charge is 0.246 e. The minimum Gasteiger partial charge on any atom is -0.490 e. The van der Waals surface area contributed by atoms with Crippen LogP contribution in [0.1, 0.15) is 206 Å². The zero-order valence-electron chi connectivity index (χ0n) is 59.0. The molecule has 0 saturated carbocycles. The van der Waals surface area contributed by atoms with Gasteiger partial charge in [-0.15, -0.1) is 0 Å². The van der Waals surface area contributed by atoms with Gasteiger partial charge in [0, 0.05) is 22.2 Å². The first-order chi connectivity index (χ1) is 40.8. The van der Waals surface area contributed by atoms with Gasteiger partial charge in [-0.2, -0.15) is 0 Å². The molecule has 0 aromatic heterocycles. The topological polar surface area (TPSA) is 83.1 Å². The molecule has 5 heterocycles. The summed E-state index contributed by atoms with van der Waals surface area (Å²) in [6, 6.07) is 44.2. The van der Waals surface area contributed by atoms with Crippen molar-refractivity contribution in [3.8, 4) is 51.7 Å². The fourth-order valence-corrected chi connectivity index (χ4v) is 8.43. The third kappa shape index (κ3) is 26.2. The van der Waals surface area contributed by atoms with Crippen molar-refractivity contribution >= 4 is 10.8 Å². The largest absolute Gasteiger partial charge is 0.490 e. The van der Waals surface area contributed by atoms with E-state index in [1.54, 1.807) is 0 Å². The van der Waals surface area contributed by atoms with Crippen molar-refractivity contribution in [2.75, 3.05) is 26.4 Å². The Hall–Kier alpha value is -6.22. The van der Waals surface area contributed by atoms with E-state index in [9.17, 15) is 0 Å². The fraction of sp³-hybridized carbons (Fsp3) is 0.564. The van der Waals surface area contributed by atoms with Crippen LogP contribution in [0.25, 0.3) is 10.8 Å². The van der Waals surface area contributed by atoms with Gasteiger partial charge in [0.05, 0.1) is 13.2 Å². The zero-order chi connectivity index (χ0) is 65.5. The van der Waals surface area contributed by atoms with Crippen LogP contribution in [-0.2, 0) is 6.42 Å². The molecule has 9 heteroatoms. The number of benzene rings is 6. The lowest BCUT2D eigenvalue weighted by atomic mass is 9.82. The number of aryl methyl sites for hydroxylation is 1. The Bertz CT molecular complexity index is 2630. The lowest BCUT2D eigenvalue weighted by molar-refractivity contribution is -0.0396. The van der Waals surface area contributed by atoms with E-state index in [4.69, 9.17) is 42.6 Å². The van der Waals surface area contributed by atoms with Gasteiger partial charge in [-0.3, -0.25) is 0 Å². The number of fused-ring (bicyclic) bond motifs is 6. The van der Waals surface area contributed by atoms with Crippen molar-refractivity contribution in [2.45, 2.75) is 232 Å². The summed E-state index contributed by atoms with van der Waals surface area (Å²) in [5.41, 5.74) is 2.04. The van der Waals surface area contributed by atoms with E-state index in [0.29, 0.717) is 25.2 Å². The lowest BCUT2D eigenvalue weighted by Gasteiger charge is -2.35. The maximum absolute atomic E-state index is 6.08. The predicted octanol–water partition coefficient (Wildman–Crippen LogP) is 23.1. The van der Waals surface area contributed by atoms with Crippen molar-refractivity contribution in [3.63, 3.8) is 0 Å². The number of rotatable bonds is 0. The molecule has 0 N–H and O–H groups in total. The van der Waals surface area contributed by atoms with Crippen LogP contribution in [-0.4, -0.2) is 51.0 Å². The van der Waals surface area contributed by atoms with Gasteiger partial charge in [-0.1, -0.05) is 273 Å². The summed E-state index contributed by atoms with van der Waals surface area (Å²) in [4.78, 5) is 0. The highest BCUT2D eigenvalue weighted by Gasteiger charge is 2.36. The second kappa shape index (κ2) is 39.6. The molecule has 6 aromatic rings. The first-order valence-corrected chi connectivity index (χ1v) is 32.5. The monoisotopic (exact) mass is 1200 g/mol. The quantitative estimate of drug-likeness (QED) is 0.148. The van der Waals surface area contributed by atoms with Gasteiger partial charge in [0.1, 0.15) is 37.3 Å². The van der Waals surface area contributed by atoms with Crippen LogP contribution in [0, 0.1) is 33.0 Å². The Morgan fingerprint density at radius 2 is 0.586 bits per heavy atom. The molecular formula is C78H124O9. The number of hydrogen-bond donors (Lipinski definition) is 0. The van der Waals surface area contributed by atoms with E-state index in [1.807, 2.05) is 174 Å². The molecular weight excluding hydrogens is 1080 g/mol. The lowest BCUT2D eigenvalue weighted by Crippen LogP contribution is -2.39. The number of ether oxygens (including phenoxy) is 9. The van der Waals surface area contributed by atoms with E-state index in [2.05, 4.69) is 146 Å². The van der Waals surface area contributed by atoms with Crippen molar-refractivity contribution in [3.05, 3.63) is 139 Å². The van der Waals surface area contributed by atoms with Crippen molar-refractivity contribution in [2.24, 2.45) is 33.0 Å². The van der Waals surface area contributed by atoms with Gasteiger partial charge < -0.3 is 42.6 Å². The van der Waals surface area contributed by atoms with Gasteiger partial charge in [-0.05, 0) is 94.6 Å². The Labute approximate surface area is 532 Å². The Balaban J connectivity index is 0.00000102. The minimum absolute atomic E-state index is 0. The van der Waals surface area contributed by atoms with Gasteiger partial charge >= 0.3 is 0 Å². The molecule has 9 nitrogen and oxygen atoms in total. The van der Waals surface area contributed by atoms with E-state index >= 15 is 0 Å². The van der Waals surface area contributed by atoms with Crippen LogP contribution in [0.4, 0.5) is 0 Å². The maximum atomic E-state index is 6.08. The van der Waals surface area contributed by atoms with Crippen molar-refractivity contribution in [1.82, 2.24) is 0 Å². The second-order valence-corrected chi connectivity index (χ2v) is 25.3. The van der Waals surface area contributed by atoms with E-state index in [0.717, 1.165) is 77.8 Å². The molecule has 5 aliphatic rings. The highest BCUT2D eigenvalue weighted by atomic mass is 16.7. The minimum atomic E-state index is -0.162.